The van der Waals surface area contributed by atoms with E-state index in [-0.39, 0.29) is 23.8 Å². The van der Waals surface area contributed by atoms with Gasteiger partial charge in [-0.2, -0.15) is 0 Å². The molecule has 1 aliphatic heterocycles. The normalized spacial score (nSPS) is 19.4. The van der Waals surface area contributed by atoms with E-state index in [0.717, 1.165) is 31.3 Å². The zero-order valence-corrected chi connectivity index (χ0v) is 16.4. The van der Waals surface area contributed by atoms with Gasteiger partial charge in [-0.05, 0) is 43.7 Å². The molecular weight excluding hydrogens is 340 g/mol. The lowest BCUT2D eigenvalue weighted by Gasteiger charge is -2.31. The second-order valence-corrected chi connectivity index (χ2v) is 7.91. The Hall–Kier alpha value is -2.34. The van der Waals surface area contributed by atoms with Gasteiger partial charge >= 0.3 is 0 Å². The maximum atomic E-state index is 13.2. The van der Waals surface area contributed by atoms with Gasteiger partial charge in [-0.25, -0.2) is 0 Å². The summed E-state index contributed by atoms with van der Waals surface area (Å²) >= 11 is 0. The monoisotopic (exact) mass is 370 g/mol. The van der Waals surface area contributed by atoms with E-state index >= 15 is 0 Å². The number of nitrogens with one attached hydrogen (secondary N) is 2. The first-order chi connectivity index (χ1) is 12.9. The van der Waals surface area contributed by atoms with Crippen molar-refractivity contribution in [2.24, 2.45) is 11.7 Å². The number of carbonyl (C=O) groups is 2. The number of carbonyl (C=O) groups excluding carboxylic acids is 2. The minimum absolute atomic E-state index is 0.00124. The number of amides is 2. The molecule has 1 aliphatic rings. The first-order valence-electron chi connectivity index (χ1n) is 9.80. The number of H-pyrrole nitrogens is 1. The van der Waals surface area contributed by atoms with Crippen molar-refractivity contribution < 1.29 is 9.59 Å². The van der Waals surface area contributed by atoms with Crippen molar-refractivity contribution in [3.8, 4) is 0 Å². The Kier molecular flexibility index (Phi) is 5.85. The molecule has 1 aromatic heterocycles. The molecule has 6 nitrogen and oxygen atoms in total. The van der Waals surface area contributed by atoms with Crippen molar-refractivity contribution in [1.82, 2.24) is 15.2 Å². The molecule has 0 radical (unpaired) electrons. The van der Waals surface area contributed by atoms with Crippen LogP contribution in [0.5, 0.6) is 0 Å². The first kappa shape index (κ1) is 19.4. The third kappa shape index (κ3) is 4.16. The molecular formula is C21H30N4O2. The number of aromatic nitrogens is 1. The maximum absolute atomic E-state index is 13.2. The van der Waals surface area contributed by atoms with Crippen molar-refractivity contribution in [2.45, 2.75) is 58.2 Å². The lowest BCUT2D eigenvalue weighted by atomic mass is 9.99. The summed E-state index contributed by atoms with van der Waals surface area (Å²) in [7, 11) is 0. The molecule has 1 fully saturated rings. The van der Waals surface area contributed by atoms with E-state index < -0.39 is 12.1 Å². The summed E-state index contributed by atoms with van der Waals surface area (Å²) in [6.45, 7) is 6.28. The van der Waals surface area contributed by atoms with Gasteiger partial charge in [0.1, 0.15) is 6.04 Å². The minimum Gasteiger partial charge on any atom is -0.361 e. The summed E-state index contributed by atoms with van der Waals surface area (Å²) in [5.74, 6) is -0.273. The van der Waals surface area contributed by atoms with Crippen LogP contribution in [-0.2, 0) is 16.0 Å². The van der Waals surface area contributed by atoms with Gasteiger partial charge < -0.3 is 20.9 Å². The van der Waals surface area contributed by atoms with Crippen LogP contribution in [0.1, 0.15) is 39.2 Å². The van der Waals surface area contributed by atoms with E-state index in [1.54, 1.807) is 6.92 Å². The third-order valence-electron chi connectivity index (χ3n) is 5.43. The van der Waals surface area contributed by atoms with Crippen LogP contribution in [0.15, 0.2) is 30.5 Å². The Labute approximate surface area is 160 Å². The van der Waals surface area contributed by atoms with Crippen LogP contribution in [0, 0.1) is 5.92 Å². The number of hydrogen-bond acceptors (Lipinski definition) is 3. The number of benzene rings is 1. The van der Waals surface area contributed by atoms with Crippen LogP contribution < -0.4 is 11.1 Å². The van der Waals surface area contributed by atoms with E-state index in [0.29, 0.717) is 0 Å². The van der Waals surface area contributed by atoms with Crippen LogP contribution in [-0.4, -0.2) is 46.4 Å². The van der Waals surface area contributed by atoms with Gasteiger partial charge in [-0.3, -0.25) is 9.59 Å². The number of aromatic amines is 1. The predicted octanol–water partition coefficient (Wildman–Crippen LogP) is 2.19. The van der Waals surface area contributed by atoms with Gasteiger partial charge in [-0.1, -0.05) is 32.0 Å². The Morgan fingerprint density at radius 2 is 2.04 bits per heavy atom. The van der Waals surface area contributed by atoms with E-state index in [2.05, 4.69) is 22.4 Å². The number of rotatable bonds is 6. The fourth-order valence-corrected chi connectivity index (χ4v) is 3.87. The van der Waals surface area contributed by atoms with Crippen LogP contribution in [0.4, 0.5) is 0 Å². The maximum Gasteiger partial charge on any atom is 0.245 e. The lowest BCUT2D eigenvalue weighted by Crippen LogP contribution is -2.55. The largest absolute Gasteiger partial charge is 0.361 e. The molecule has 4 N–H and O–H groups in total. The fourth-order valence-electron chi connectivity index (χ4n) is 3.87. The van der Waals surface area contributed by atoms with Gasteiger partial charge in [0.15, 0.2) is 0 Å². The van der Waals surface area contributed by atoms with Gasteiger partial charge in [0.2, 0.25) is 11.8 Å². The Morgan fingerprint density at radius 3 is 2.74 bits per heavy atom. The van der Waals surface area contributed by atoms with Crippen LogP contribution in [0.25, 0.3) is 10.9 Å². The van der Waals surface area contributed by atoms with Gasteiger partial charge in [0.05, 0.1) is 6.04 Å². The zero-order chi connectivity index (χ0) is 19.6. The number of fused-ring (bicyclic) bond motifs is 1. The number of hydrogen-bond donors (Lipinski definition) is 3. The number of para-hydroxylation sites is 1. The lowest BCUT2D eigenvalue weighted by molar-refractivity contribution is -0.138. The summed E-state index contributed by atoms with van der Waals surface area (Å²) in [4.78, 5) is 30.5. The summed E-state index contributed by atoms with van der Waals surface area (Å²) in [6, 6.07) is 7.23. The average Bonchev–Trinajstić information content (AvgIpc) is 3.26. The van der Waals surface area contributed by atoms with Crippen LogP contribution in [0.3, 0.4) is 0 Å². The van der Waals surface area contributed by atoms with E-state index in [1.165, 1.54) is 10.9 Å². The SMILES string of the molecule is CC(C)[C@H](NC(=O)[C@H](C)N)C(=O)N1CCC[C@H]1Cc1c[nH]c2ccccc12. The molecule has 2 heterocycles. The van der Waals surface area contributed by atoms with Crippen molar-refractivity contribution in [3.63, 3.8) is 0 Å². The molecule has 0 aliphatic carbocycles. The molecule has 2 amide bonds. The summed E-state index contributed by atoms with van der Waals surface area (Å²) < 4.78 is 0. The molecule has 1 saturated heterocycles. The second kappa shape index (κ2) is 8.13. The highest BCUT2D eigenvalue weighted by atomic mass is 16.2. The van der Waals surface area contributed by atoms with E-state index in [4.69, 9.17) is 5.73 Å². The van der Waals surface area contributed by atoms with Gasteiger partial charge in [0.25, 0.3) is 0 Å². The quantitative estimate of drug-likeness (QED) is 0.728. The zero-order valence-electron chi connectivity index (χ0n) is 16.4. The van der Waals surface area contributed by atoms with E-state index in [1.807, 2.05) is 37.1 Å². The molecule has 0 bridgehead atoms. The minimum atomic E-state index is -0.625. The molecule has 27 heavy (non-hydrogen) atoms. The molecule has 3 rings (SSSR count). The molecule has 0 spiro atoms. The van der Waals surface area contributed by atoms with E-state index in [9.17, 15) is 9.59 Å². The average molecular weight is 370 g/mol. The summed E-state index contributed by atoms with van der Waals surface area (Å²) in [5.41, 5.74) is 8.02. The molecule has 6 heteroatoms. The standard InChI is InChI=1S/C21H30N4O2/c1-13(2)19(24-20(26)14(3)22)21(27)25-10-6-7-16(25)11-15-12-23-18-9-5-4-8-17(15)18/h4-5,8-9,12-14,16,19,23H,6-7,10-11,22H2,1-3H3,(H,24,26)/t14-,16-,19-/m0/s1. The summed E-state index contributed by atoms with van der Waals surface area (Å²) in [5, 5.41) is 4.05. The Balaban J connectivity index is 1.76. The molecule has 3 atom stereocenters. The highest BCUT2D eigenvalue weighted by molar-refractivity contribution is 5.90. The van der Waals surface area contributed by atoms with Crippen molar-refractivity contribution in [2.75, 3.05) is 6.54 Å². The smallest absolute Gasteiger partial charge is 0.245 e. The van der Waals surface area contributed by atoms with Crippen molar-refractivity contribution in [1.29, 1.82) is 0 Å². The van der Waals surface area contributed by atoms with Crippen molar-refractivity contribution in [3.05, 3.63) is 36.0 Å². The summed E-state index contributed by atoms with van der Waals surface area (Å²) in [6.07, 6.45) is 4.84. The molecule has 146 valence electrons. The number of nitrogens with zero attached hydrogens (tertiary/aromatic N) is 1. The topological polar surface area (TPSA) is 91.2 Å². The van der Waals surface area contributed by atoms with Gasteiger partial charge in [-0.15, -0.1) is 0 Å². The highest BCUT2D eigenvalue weighted by Gasteiger charge is 2.35. The number of nitrogens with two attached hydrogens (primary N) is 1. The third-order valence-corrected chi connectivity index (χ3v) is 5.43. The Morgan fingerprint density at radius 1 is 1.30 bits per heavy atom. The predicted molar refractivity (Wildman–Crippen MR) is 107 cm³/mol. The molecule has 1 aromatic carbocycles. The number of likely N-dealkylation sites (tertiary alicyclic amines) is 1. The highest BCUT2D eigenvalue weighted by Crippen LogP contribution is 2.26. The molecule has 2 aromatic rings. The van der Waals surface area contributed by atoms with Gasteiger partial charge in [0, 0.05) is 29.7 Å². The van der Waals surface area contributed by atoms with Crippen LogP contribution in [0.2, 0.25) is 0 Å². The van der Waals surface area contributed by atoms with Crippen molar-refractivity contribution >= 4 is 22.7 Å². The second-order valence-electron chi connectivity index (χ2n) is 7.91. The van der Waals surface area contributed by atoms with Crippen LogP contribution >= 0.6 is 0 Å². The molecule has 0 saturated carbocycles. The molecule has 0 unspecified atom stereocenters. The first-order valence-corrected chi connectivity index (χ1v) is 9.80. The fraction of sp³-hybridized carbons (Fsp3) is 0.524. The Bertz CT molecular complexity index is 811.